The zero-order chi connectivity index (χ0) is 12.3. The first-order valence-electron chi connectivity index (χ1n) is 5.31. The van der Waals surface area contributed by atoms with Crippen molar-refractivity contribution in [3.8, 4) is 5.75 Å². The summed E-state index contributed by atoms with van der Waals surface area (Å²) in [7, 11) is 1.53. The number of hydrogen-bond acceptors (Lipinski definition) is 3. The molecule has 2 aromatic rings. The highest BCUT2D eigenvalue weighted by atomic mass is 16.5. The van der Waals surface area contributed by atoms with Crippen LogP contribution in [0.25, 0.3) is 0 Å². The van der Waals surface area contributed by atoms with Gasteiger partial charge in [0.15, 0.2) is 5.78 Å². The summed E-state index contributed by atoms with van der Waals surface area (Å²) in [4.78, 5) is 16.2. The van der Waals surface area contributed by atoms with Crippen molar-refractivity contribution < 1.29 is 9.53 Å². The van der Waals surface area contributed by atoms with E-state index in [2.05, 4.69) is 4.98 Å². The lowest BCUT2D eigenvalue weighted by Gasteiger charge is -2.06. The quantitative estimate of drug-likeness (QED) is 0.757. The van der Waals surface area contributed by atoms with Crippen molar-refractivity contribution in [2.24, 2.45) is 0 Å². The SMILES string of the molecule is COc1cnccc1C(=O)c1cccc(C)c1. The second kappa shape index (κ2) is 4.78. The molecule has 17 heavy (non-hydrogen) atoms. The summed E-state index contributed by atoms with van der Waals surface area (Å²) in [6.07, 6.45) is 3.13. The Labute approximate surface area is 100 Å². The van der Waals surface area contributed by atoms with E-state index >= 15 is 0 Å². The van der Waals surface area contributed by atoms with E-state index in [1.807, 2.05) is 25.1 Å². The number of pyridine rings is 1. The Balaban J connectivity index is 2.44. The van der Waals surface area contributed by atoms with Gasteiger partial charge in [0.2, 0.25) is 0 Å². The Morgan fingerprint density at radius 1 is 1.29 bits per heavy atom. The molecule has 0 atom stereocenters. The van der Waals surface area contributed by atoms with E-state index < -0.39 is 0 Å². The molecule has 0 aliphatic heterocycles. The van der Waals surface area contributed by atoms with E-state index in [0.717, 1.165) is 5.56 Å². The number of carbonyl (C=O) groups is 1. The first-order valence-corrected chi connectivity index (χ1v) is 5.31. The van der Waals surface area contributed by atoms with Crippen molar-refractivity contribution in [2.75, 3.05) is 7.11 Å². The summed E-state index contributed by atoms with van der Waals surface area (Å²) in [5.74, 6) is 0.451. The molecule has 1 aromatic heterocycles. The van der Waals surface area contributed by atoms with Gasteiger partial charge in [0.1, 0.15) is 5.75 Å². The third kappa shape index (κ3) is 2.33. The molecule has 3 nitrogen and oxygen atoms in total. The van der Waals surface area contributed by atoms with E-state index in [4.69, 9.17) is 4.74 Å². The lowest BCUT2D eigenvalue weighted by atomic mass is 10.0. The number of aromatic nitrogens is 1. The zero-order valence-electron chi connectivity index (χ0n) is 9.81. The van der Waals surface area contributed by atoms with Gasteiger partial charge in [0, 0.05) is 11.8 Å². The van der Waals surface area contributed by atoms with Gasteiger partial charge in [0.05, 0.1) is 18.9 Å². The molecule has 1 aromatic carbocycles. The number of rotatable bonds is 3. The molecule has 0 amide bonds. The van der Waals surface area contributed by atoms with E-state index in [9.17, 15) is 4.79 Å². The summed E-state index contributed by atoms with van der Waals surface area (Å²) in [6.45, 7) is 1.96. The van der Waals surface area contributed by atoms with Gasteiger partial charge in [-0.05, 0) is 19.1 Å². The fraction of sp³-hybridized carbons (Fsp3) is 0.143. The van der Waals surface area contributed by atoms with Gasteiger partial charge < -0.3 is 4.74 Å². The highest BCUT2D eigenvalue weighted by molar-refractivity contribution is 6.10. The van der Waals surface area contributed by atoms with E-state index in [0.29, 0.717) is 16.9 Å². The lowest BCUT2D eigenvalue weighted by Crippen LogP contribution is -2.04. The van der Waals surface area contributed by atoms with Gasteiger partial charge in [-0.15, -0.1) is 0 Å². The molecule has 2 rings (SSSR count). The number of nitrogens with zero attached hydrogens (tertiary/aromatic N) is 1. The number of methoxy groups -OCH3 is 1. The molecule has 0 fully saturated rings. The molecular weight excluding hydrogens is 214 g/mol. The van der Waals surface area contributed by atoms with Crippen LogP contribution >= 0.6 is 0 Å². The van der Waals surface area contributed by atoms with Crippen LogP contribution in [0.5, 0.6) is 5.75 Å². The molecule has 0 N–H and O–H groups in total. The minimum atomic E-state index is -0.0482. The minimum absolute atomic E-state index is 0.0482. The average Bonchev–Trinajstić information content (AvgIpc) is 2.38. The fourth-order valence-corrected chi connectivity index (χ4v) is 1.67. The first-order chi connectivity index (χ1) is 8.22. The van der Waals surface area contributed by atoms with Crippen LogP contribution < -0.4 is 4.74 Å². The summed E-state index contributed by atoms with van der Waals surface area (Å²) >= 11 is 0. The third-order valence-electron chi connectivity index (χ3n) is 2.53. The predicted octanol–water partition coefficient (Wildman–Crippen LogP) is 2.63. The van der Waals surface area contributed by atoms with Crippen LogP contribution in [0.15, 0.2) is 42.7 Å². The highest BCUT2D eigenvalue weighted by Gasteiger charge is 2.13. The van der Waals surface area contributed by atoms with Crippen LogP contribution in [0.1, 0.15) is 21.5 Å². The van der Waals surface area contributed by atoms with Crippen LogP contribution in [0.4, 0.5) is 0 Å². The third-order valence-corrected chi connectivity index (χ3v) is 2.53. The Morgan fingerprint density at radius 3 is 2.82 bits per heavy atom. The number of benzene rings is 1. The predicted molar refractivity (Wildman–Crippen MR) is 65.4 cm³/mol. The Kier molecular flexibility index (Phi) is 3.19. The molecule has 0 spiro atoms. The molecule has 86 valence electrons. The van der Waals surface area contributed by atoms with Crippen molar-refractivity contribution in [1.29, 1.82) is 0 Å². The maximum atomic E-state index is 12.3. The minimum Gasteiger partial charge on any atom is -0.494 e. The standard InChI is InChI=1S/C14H13NO2/c1-10-4-3-5-11(8-10)14(16)12-6-7-15-9-13(12)17-2/h3-9H,1-2H3. The Hall–Kier alpha value is -2.16. The van der Waals surface area contributed by atoms with E-state index in [1.165, 1.54) is 7.11 Å². The Bertz CT molecular complexity index is 549. The first kappa shape index (κ1) is 11.3. The van der Waals surface area contributed by atoms with Gasteiger partial charge in [-0.2, -0.15) is 0 Å². The van der Waals surface area contributed by atoms with Crippen LogP contribution in [0, 0.1) is 6.92 Å². The number of aryl methyl sites for hydroxylation is 1. The van der Waals surface area contributed by atoms with Crippen molar-refractivity contribution in [1.82, 2.24) is 4.98 Å². The zero-order valence-corrected chi connectivity index (χ0v) is 9.81. The molecule has 3 heteroatoms. The van der Waals surface area contributed by atoms with Crippen molar-refractivity contribution in [3.05, 3.63) is 59.4 Å². The van der Waals surface area contributed by atoms with Gasteiger partial charge in [-0.25, -0.2) is 0 Å². The molecule has 0 radical (unpaired) electrons. The summed E-state index contributed by atoms with van der Waals surface area (Å²) in [5.41, 5.74) is 2.26. The van der Waals surface area contributed by atoms with Crippen LogP contribution in [-0.2, 0) is 0 Å². The average molecular weight is 227 g/mol. The van der Waals surface area contributed by atoms with Gasteiger partial charge >= 0.3 is 0 Å². The van der Waals surface area contributed by atoms with Gasteiger partial charge in [0.25, 0.3) is 0 Å². The number of ether oxygens (including phenoxy) is 1. The Morgan fingerprint density at radius 2 is 2.12 bits per heavy atom. The van der Waals surface area contributed by atoms with Crippen molar-refractivity contribution in [3.63, 3.8) is 0 Å². The van der Waals surface area contributed by atoms with Gasteiger partial charge in [-0.1, -0.05) is 23.8 Å². The molecule has 0 aliphatic carbocycles. The topological polar surface area (TPSA) is 39.2 Å². The number of hydrogen-bond donors (Lipinski definition) is 0. The normalized spacial score (nSPS) is 10.0. The molecule has 0 saturated heterocycles. The maximum absolute atomic E-state index is 12.3. The summed E-state index contributed by atoms with van der Waals surface area (Å²) in [6, 6.07) is 9.16. The summed E-state index contributed by atoms with van der Waals surface area (Å²) < 4.78 is 5.13. The largest absolute Gasteiger partial charge is 0.494 e. The summed E-state index contributed by atoms with van der Waals surface area (Å²) in [5, 5.41) is 0. The highest BCUT2D eigenvalue weighted by Crippen LogP contribution is 2.20. The molecule has 0 saturated carbocycles. The maximum Gasteiger partial charge on any atom is 0.196 e. The van der Waals surface area contributed by atoms with E-state index in [1.54, 1.807) is 24.5 Å². The van der Waals surface area contributed by atoms with Crippen LogP contribution in [0.3, 0.4) is 0 Å². The van der Waals surface area contributed by atoms with Gasteiger partial charge in [-0.3, -0.25) is 9.78 Å². The molecular formula is C14H13NO2. The molecule has 1 heterocycles. The molecule has 0 bridgehead atoms. The van der Waals surface area contributed by atoms with Crippen molar-refractivity contribution in [2.45, 2.75) is 6.92 Å². The molecule has 0 aliphatic rings. The number of ketones is 1. The van der Waals surface area contributed by atoms with Crippen molar-refractivity contribution >= 4 is 5.78 Å². The fourth-order valence-electron chi connectivity index (χ4n) is 1.67. The number of carbonyl (C=O) groups excluding carboxylic acids is 1. The monoisotopic (exact) mass is 227 g/mol. The molecule has 0 unspecified atom stereocenters. The van der Waals surface area contributed by atoms with E-state index in [-0.39, 0.29) is 5.78 Å². The second-order valence-corrected chi connectivity index (χ2v) is 3.77. The van der Waals surface area contributed by atoms with Crippen LogP contribution in [0.2, 0.25) is 0 Å². The lowest BCUT2D eigenvalue weighted by molar-refractivity contribution is 0.103. The second-order valence-electron chi connectivity index (χ2n) is 3.77. The van der Waals surface area contributed by atoms with Crippen LogP contribution in [-0.4, -0.2) is 17.9 Å². The smallest absolute Gasteiger partial charge is 0.196 e.